The van der Waals surface area contributed by atoms with Crippen LogP contribution in [0.15, 0.2) is 28.0 Å². The van der Waals surface area contributed by atoms with Crippen molar-refractivity contribution >= 4 is 26.5 Å². The Morgan fingerprint density at radius 2 is 1.64 bits per heavy atom. The summed E-state index contributed by atoms with van der Waals surface area (Å²) >= 11 is 0. The highest BCUT2D eigenvalue weighted by Crippen LogP contribution is 2.78. The summed E-state index contributed by atoms with van der Waals surface area (Å²) in [6.45, 7) is 2.96. The van der Waals surface area contributed by atoms with Gasteiger partial charge in [0.05, 0.1) is 0 Å². The van der Waals surface area contributed by atoms with E-state index in [1.54, 1.807) is 6.92 Å². The number of hydrogen-bond donors (Lipinski definition) is 0. The molecule has 1 heterocycles. The number of alkyl halides is 6. The summed E-state index contributed by atoms with van der Waals surface area (Å²) < 4.78 is 107. The van der Waals surface area contributed by atoms with Crippen molar-refractivity contribution in [2.45, 2.75) is 42.6 Å². The third-order valence-corrected chi connectivity index (χ3v) is 8.50. The van der Waals surface area contributed by atoms with Crippen LogP contribution in [0.1, 0.15) is 31.4 Å². The molecular formula is C14H14F6O3S2. The second-order valence-electron chi connectivity index (χ2n) is 5.16. The van der Waals surface area contributed by atoms with Crippen LogP contribution < -0.4 is 0 Å². The minimum Gasteiger partial charge on any atom is -0.196 e. The third kappa shape index (κ3) is 3.17. The van der Waals surface area contributed by atoms with Crippen molar-refractivity contribution < 1.29 is 38.4 Å². The van der Waals surface area contributed by atoms with Crippen molar-refractivity contribution in [2.24, 2.45) is 0 Å². The second kappa shape index (κ2) is 6.20. The van der Waals surface area contributed by atoms with E-state index < -0.39 is 41.2 Å². The number of allylic oxidation sites excluding steroid dienone is 1. The molecule has 0 saturated heterocycles. The summed E-state index contributed by atoms with van der Waals surface area (Å²) in [5.41, 5.74) is -10.8. The molecule has 25 heavy (non-hydrogen) atoms. The van der Waals surface area contributed by atoms with E-state index in [2.05, 4.69) is 3.63 Å². The van der Waals surface area contributed by atoms with Crippen LogP contribution in [0.3, 0.4) is 0 Å². The largest absolute Gasteiger partial charge is 0.523 e. The monoisotopic (exact) mass is 408 g/mol. The molecule has 0 bridgehead atoms. The van der Waals surface area contributed by atoms with E-state index in [0.717, 1.165) is 12.1 Å². The average molecular weight is 408 g/mol. The van der Waals surface area contributed by atoms with Gasteiger partial charge < -0.3 is 0 Å². The molecule has 3 nitrogen and oxygen atoms in total. The molecule has 2 rings (SSSR count). The summed E-state index contributed by atoms with van der Waals surface area (Å²) in [6, 6.07) is 3.93. The predicted octanol–water partition coefficient (Wildman–Crippen LogP) is 5.48. The molecular weight excluding hydrogens is 394 g/mol. The van der Waals surface area contributed by atoms with Crippen molar-refractivity contribution in [1.82, 2.24) is 0 Å². The molecule has 1 unspecified atom stereocenters. The Hall–Kier alpha value is -1.20. The first-order chi connectivity index (χ1) is 11.3. The van der Waals surface area contributed by atoms with Gasteiger partial charge in [-0.25, -0.2) is 0 Å². The van der Waals surface area contributed by atoms with Crippen LogP contribution in [-0.2, 0) is 20.2 Å². The van der Waals surface area contributed by atoms with Crippen LogP contribution in [0, 0.1) is 0 Å². The fourth-order valence-corrected chi connectivity index (χ4v) is 7.07. The Kier molecular flexibility index (Phi) is 4.99. The van der Waals surface area contributed by atoms with Gasteiger partial charge >= 0.3 is 21.1 Å². The van der Waals surface area contributed by atoms with Crippen LogP contribution in [0.4, 0.5) is 26.3 Å². The number of halogens is 6. The van der Waals surface area contributed by atoms with Gasteiger partial charge in [0, 0.05) is 20.1 Å². The molecule has 0 N–H and O–H groups in total. The molecule has 142 valence electrons. The summed E-state index contributed by atoms with van der Waals surface area (Å²) in [5, 5.41) is 0. The number of hydrogen-bond acceptors (Lipinski definition) is 3. The molecule has 0 fully saturated rings. The van der Waals surface area contributed by atoms with Gasteiger partial charge in [-0.1, -0.05) is 26.0 Å². The number of rotatable bonds is 4. The van der Waals surface area contributed by atoms with Crippen molar-refractivity contribution in [3.8, 4) is 0 Å². The summed E-state index contributed by atoms with van der Waals surface area (Å²) in [5.74, 6) is 0. The lowest BCUT2D eigenvalue weighted by atomic mass is 10.1. The van der Waals surface area contributed by atoms with Crippen molar-refractivity contribution in [1.29, 1.82) is 0 Å². The van der Waals surface area contributed by atoms with Crippen molar-refractivity contribution in [3.05, 3.63) is 34.2 Å². The molecule has 1 aliphatic rings. The first kappa shape index (κ1) is 20.1. The molecule has 1 atom stereocenters. The van der Waals surface area contributed by atoms with Crippen LogP contribution in [-0.4, -0.2) is 19.4 Å². The molecule has 0 aliphatic carbocycles. The van der Waals surface area contributed by atoms with Gasteiger partial charge in [-0.15, -0.1) is 0 Å². The Morgan fingerprint density at radius 3 is 2.08 bits per heavy atom. The maximum atomic E-state index is 13.9. The Morgan fingerprint density at radius 1 is 1.04 bits per heavy atom. The minimum absolute atomic E-state index is 0.0127. The molecule has 1 aromatic rings. The second-order valence-corrected chi connectivity index (χ2v) is 9.61. The molecule has 0 aromatic heterocycles. The van der Waals surface area contributed by atoms with Gasteiger partial charge in [-0.2, -0.15) is 38.4 Å². The van der Waals surface area contributed by atoms with Gasteiger partial charge in [0.1, 0.15) is 0 Å². The highest BCUT2D eigenvalue weighted by Gasteiger charge is 2.63. The van der Waals surface area contributed by atoms with E-state index in [9.17, 15) is 34.8 Å². The van der Waals surface area contributed by atoms with E-state index in [0.29, 0.717) is 12.0 Å². The maximum absolute atomic E-state index is 13.9. The van der Waals surface area contributed by atoms with Crippen LogP contribution in [0.5, 0.6) is 0 Å². The number of benzene rings is 1. The van der Waals surface area contributed by atoms with Crippen LogP contribution in [0.25, 0.3) is 6.08 Å². The van der Waals surface area contributed by atoms with Crippen LogP contribution >= 0.6 is 10.3 Å². The lowest BCUT2D eigenvalue weighted by Crippen LogP contribution is -2.32. The van der Waals surface area contributed by atoms with E-state index in [1.165, 1.54) is 19.1 Å². The fourth-order valence-electron chi connectivity index (χ4n) is 2.44. The van der Waals surface area contributed by atoms with Gasteiger partial charge in [-0.3, -0.25) is 0 Å². The molecule has 1 aromatic carbocycles. The van der Waals surface area contributed by atoms with Crippen molar-refractivity contribution in [3.63, 3.8) is 0 Å². The first-order valence-electron chi connectivity index (χ1n) is 7.05. The van der Waals surface area contributed by atoms with Gasteiger partial charge in [0.15, 0.2) is 0 Å². The van der Waals surface area contributed by atoms with Gasteiger partial charge in [0.25, 0.3) is 0 Å². The zero-order valence-electron chi connectivity index (χ0n) is 13.0. The summed E-state index contributed by atoms with van der Waals surface area (Å²) in [6.07, 6.45) is 1.08. The standard InChI is InChI=1S/C14H14F6O3S2/c1-3-9-5-6-10-8-11(4-2)24(12(10)7-9,13(15,16)17)23-25(21,22)14(18,19)20/h5-8H,3-4H2,1-2H3. The van der Waals surface area contributed by atoms with E-state index in [4.69, 9.17) is 0 Å². The smallest absolute Gasteiger partial charge is 0.196 e. The van der Waals surface area contributed by atoms with Crippen molar-refractivity contribution in [2.75, 3.05) is 0 Å². The molecule has 11 heteroatoms. The number of aryl methyl sites for hydroxylation is 1. The normalized spacial score (nSPS) is 23.8. The number of fused-ring (bicyclic) bond motifs is 1. The molecule has 0 amide bonds. The minimum atomic E-state index is -6.45. The molecule has 0 saturated carbocycles. The maximum Gasteiger partial charge on any atom is 0.523 e. The molecule has 1 aliphatic heterocycles. The predicted molar refractivity (Wildman–Crippen MR) is 82.1 cm³/mol. The quantitative estimate of drug-likeness (QED) is 0.490. The third-order valence-electron chi connectivity index (χ3n) is 3.63. The lowest BCUT2D eigenvalue weighted by molar-refractivity contribution is -0.0546. The van der Waals surface area contributed by atoms with Gasteiger partial charge in [-0.05, 0) is 36.1 Å². The molecule has 0 spiro atoms. The summed E-state index contributed by atoms with van der Waals surface area (Å²) in [7, 11) is -11.3. The Bertz CT molecular complexity index is 811. The molecule has 0 radical (unpaired) electrons. The summed E-state index contributed by atoms with van der Waals surface area (Å²) in [4.78, 5) is -1.08. The Labute approximate surface area is 142 Å². The zero-order valence-corrected chi connectivity index (χ0v) is 14.7. The first-order valence-corrected chi connectivity index (χ1v) is 10.0. The highest BCUT2D eigenvalue weighted by atomic mass is 32.3. The topological polar surface area (TPSA) is 43.4 Å². The zero-order chi connectivity index (χ0) is 19.3. The van der Waals surface area contributed by atoms with Crippen LogP contribution in [0.2, 0.25) is 0 Å². The van der Waals surface area contributed by atoms with E-state index >= 15 is 0 Å². The lowest BCUT2D eigenvalue weighted by Gasteiger charge is -2.39. The van der Waals surface area contributed by atoms with Gasteiger partial charge in [0.2, 0.25) is 0 Å². The fraction of sp³-hybridized carbons (Fsp3) is 0.429. The van der Waals surface area contributed by atoms with E-state index in [-0.39, 0.29) is 12.0 Å². The Balaban J connectivity index is 2.80. The SMILES string of the molecule is CCC1=Cc2ccc(CC)cc2S1(OS(=O)(=O)C(F)(F)F)C(F)(F)F. The highest BCUT2D eigenvalue weighted by molar-refractivity contribution is 8.37. The average Bonchev–Trinajstić information content (AvgIpc) is 2.79. The van der Waals surface area contributed by atoms with E-state index in [1.807, 2.05) is 0 Å².